The number of rotatable bonds is 5. The Morgan fingerprint density at radius 2 is 2.50 bits per heavy atom. The summed E-state index contributed by atoms with van der Waals surface area (Å²) in [4.78, 5) is 0. The summed E-state index contributed by atoms with van der Waals surface area (Å²) < 4.78 is 10.6. The smallest absolute Gasteiger partial charge is 0.0870 e. The molecule has 1 aliphatic heterocycles. The van der Waals surface area contributed by atoms with E-state index in [4.69, 9.17) is 14.6 Å². The first-order valence-electron chi connectivity index (χ1n) is 4.26. The Morgan fingerprint density at radius 3 is 3.08 bits per heavy atom. The molecule has 1 N–H and O–H groups in total. The van der Waals surface area contributed by atoms with Crippen molar-refractivity contribution >= 4 is 15.9 Å². The standard InChI is InChI=1S/C8H15BrO3/c9-4-7(10)5-11-6-8-2-1-3-12-8/h7-8,10H,1-6H2. The van der Waals surface area contributed by atoms with E-state index < -0.39 is 6.10 Å². The summed E-state index contributed by atoms with van der Waals surface area (Å²) in [5.41, 5.74) is 0. The maximum atomic E-state index is 9.12. The molecule has 0 aromatic rings. The third-order valence-electron chi connectivity index (χ3n) is 1.82. The van der Waals surface area contributed by atoms with Crippen LogP contribution in [-0.4, -0.2) is 42.5 Å². The third kappa shape index (κ3) is 3.85. The summed E-state index contributed by atoms with van der Waals surface area (Å²) in [5.74, 6) is 0. The van der Waals surface area contributed by atoms with Crippen molar-refractivity contribution in [1.82, 2.24) is 0 Å². The van der Waals surface area contributed by atoms with E-state index in [-0.39, 0.29) is 6.10 Å². The van der Waals surface area contributed by atoms with E-state index in [1.165, 1.54) is 0 Å². The molecule has 0 bridgehead atoms. The summed E-state index contributed by atoms with van der Waals surface area (Å²) in [6.07, 6.45) is 2.08. The van der Waals surface area contributed by atoms with Gasteiger partial charge in [-0.15, -0.1) is 0 Å². The highest BCUT2D eigenvalue weighted by Gasteiger charge is 2.15. The van der Waals surface area contributed by atoms with Crippen LogP contribution in [0.15, 0.2) is 0 Å². The van der Waals surface area contributed by atoms with E-state index in [0.29, 0.717) is 18.5 Å². The van der Waals surface area contributed by atoms with Crippen LogP contribution in [0.4, 0.5) is 0 Å². The first kappa shape index (κ1) is 10.4. The molecule has 12 heavy (non-hydrogen) atoms. The molecule has 3 nitrogen and oxygen atoms in total. The van der Waals surface area contributed by atoms with Crippen LogP contribution in [-0.2, 0) is 9.47 Å². The Morgan fingerprint density at radius 1 is 1.67 bits per heavy atom. The Bertz CT molecular complexity index is 115. The van der Waals surface area contributed by atoms with Crippen LogP contribution in [0.25, 0.3) is 0 Å². The topological polar surface area (TPSA) is 38.7 Å². The second-order valence-electron chi connectivity index (χ2n) is 2.98. The first-order chi connectivity index (χ1) is 5.83. The van der Waals surface area contributed by atoms with Gasteiger partial charge in [-0.1, -0.05) is 15.9 Å². The van der Waals surface area contributed by atoms with E-state index in [1.54, 1.807) is 0 Å². The Hall–Kier alpha value is 0.360. The molecule has 4 heteroatoms. The van der Waals surface area contributed by atoms with E-state index in [1.807, 2.05) is 0 Å². The van der Waals surface area contributed by atoms with Gasteiger partial charge < -0.3 is 14.6 Å². The maximum absolute atomic E-state index is 9.12. The van der Waals surface area contributed by atoms with Crippen molar-refractivity contribution in [2.45, 2.75) is 25.0 Å². The molecule has 72 valence electrons. The summed E-state index contributed by atoms with van der Waals surface area (Å²) in [6.45, 7) is 1.87. The minimum atomic E-state index is -0.397. The fraction of sp³-hybridized carbons (Fsp3) is 1.00. The van der Waals surface area contributed by atoms with E-state index in [0.717, 1.165) is 19.4 Å². The summed E-state index contributed by atoms with van der Waals surface area (Å²) in [7, 11) is 0. The van der Waals surface area contributed by atoms with Crippen LogP contribution in [0.3, 0.4) is 0 Å². The van der Waals surface area contributed by atoms with E-state index in [2.05, 4.69) is 15.9 Å². The molecule has 0 aromatic heterocycles. The maximum Gasteiger partial charge on any atom is 0.0870 e. The largest absolute Gasteiger partial charge is 0.390 e. The Labute approximate surface area is 81.2 Å². The van der Waals surface area contributed by atoms with Crippen molar-refractivity contribution in [3.8, 4) is 0 Å². The molecule has 0 amide bonds. The van der Waals surface area contributed by atoms with Crippen molar-refractivity contribution < 1.29 is 14.6 Å². The van der Waals surface area contributed by atoms with Crippen LogP contribution < -0.4 is 0 Å². The molecule has 0 aliphatic carbocycles. The van der Waals surface area contributed by atoms with Crippen molar-refractivity contribution in [2.75, 3.05) is 25.2 Å². The normalized spacial score (nSPS) is 26.0. The van der Waals surface area contributed by atoms with E-state index >= 15 is 0 Å². The van der Waals surface area contributed by atoms with Crippen LogP contribution in [0.2, 0.25) is 0 Å². The summed E-state index contributed by atoms with van der Waals surface area (Å²) >= 11 is 3.17. The highest BCUT2D eigenvalue weighted by Crippen LogP contribution is 2.11. The number of halogens is 1. The molecule has 2 atom stereocenters. The first-order valence-corrected chi connectivity index (χ1v) is 5.38. The zero-order valence-electron chi connectivity index (χ0n) is 7.04. The molecule has 1 heterocycles. The number of alkyl halides is 1. The van der Waals surface area contributed by atoms with Gasteiger partial charge in [0.2, 0.25) is 0 Å². The van der Waals surface area contributed by atoms with Crippen molar-refractivity contribution in [3.05, 3.63) is 0 Å². The molecule has 1 fully saturated rings. The minimum absolute atomic E-state index is 0.257. The van der Waals surface area contributed by atoms with Crippen LogP contribution in [0.1, 0.15) is 12.8 Å². The van der Waals surface area contributed by atoms with Gasteiger partial charge in [-0.05, 0) is 12.8 Å². The van der Waals surface area contributed by atoms with Gasteiger partial charge in [0.05, 0.1) is 25.4 Å². The van der Waals surface area contributed by atoms with Gasteiger partial charge in [-0.25, -0.2) is 0 Å². The molecule has 1 saturated heterocycles. The van der Waals surface area contributed by atoms with Crippen molar-refractivity contribution in [2.24, 2.45) is 0 Å². The molecule has 0 aromatic carbocycles. The van der Waals surface area contributed by atoms with Gasteiger partial charge in [0.1, 0.15) is 0 Å². The second-order valence-corrected chi connectivity index (χ2v) is 3.63. The third-order valence-corrected chi connectivity index (χ3v) is 2.56. The van der Waals surface area contributed by atoms with Gasteiger partial charge in [-0.3, -0.25) is 0 Å². The zero-order valence-corrected chi connectivity index (χ0v) is 8.63. The summed E-state index contributed by atoms with van der Waals surface area (Å²) in [6, 6.07) is 0. The monoisotopic (exact) mass is 238 g/mol. The average molecular weight is 239 g/mol. The lowest BCUT2D eigenvalue weighted by Crippen LogP contribution is -2.21. The van der Waals surface area contributed by atoms with Gasteiger partial charge in [0, 0.05) is 11.9 Å². The van der Waals surface area contributed by atoms with Gasteiger partial charge in [-0.2, -0.15) is 0 Å². The predicted octanol–water partition coefficient (Wildman–Crippen LogP) is 0.938. The lowest BCUT2D eigenvalue weighted by Gasteiger charge is -2.11. The lowest BCUT2D eigenvalue weighted by atomic mass is 10.2. The highest BCUT2D eigenvalue weighted by molar-refractivity contribution is 9.09. The number of aliphatic hydroxyl groups is 1. The van der Waals surface area contributed by atoms with Crippen LogP contribution in [0, 0.1) is 0 Å². The Kier molecular flexibility index (Phi) is 5.14. The average Bonchev–Trinajstić information content (AvgIpc) is 2.57. The number of hydrogen-bond acceptors (Lipinski definition) is 3. The fourth-order valence-corrected chi connectivity index (χ4v) is 1.34. The minimum Gasteiger partial charge on any atom is -0.390 e. The van der Waals surface area contributed by atoms with Crippen LogP contribution in [0.5, 0.6) is 0 Å². The fourth-order valence-electron chi connectivity index (χ4n) is 1.16. The van der Waals surface area contributed by atoms with Gasteiger partial charge in [0.25, 0.3) is 0 Å². The number of hydrogen-bond donors (Lipinski definition) is 1. The van der Waals surface area contributed by atoms with Crippen LogP contribution >= 0.6 is 15.9 Å². The lowest BCUT2D eigenvalue weighted by molar-refractivity contribution is -0.0111. The summed E-state index contributed by atoms with van der Waals surface area (Å²) in [5, 5.41) is 9.69. The molecular weight excluding hydrogens is 224 g/mol. The van der Waals surface area contributed by atoms with E-state index in [9.17, 15) is 0 Å². The van der Waals surface area contributed by atoms with Crippen molar-refractivity contribution in [3.63, 3.8) is 0 Å². The molecule has 2 unspecified atom stereocenters. The molecule has 0 spiro atoms. The molecule has 0 radical (unpaired) electrons. The van der Waals surface area contributed by atoms with Gasteiger partial charge >= 0.3 is 0 Å². The quantitative estimate of drug-likeness (QED) is 0.725. The second kappa shape index (κ2) is 5.91. The Balaban J connectivity index is 1.94. The number of ether oxygens (including phenoxy) is 2. The molecule has 1 aliphatic rings. The zero-order chi connectivity index (χ0) is 8.81. The molecule has 1 rings (SSSR count). The van der Waals surface area contributed by atoms with Crippen molar-refractivity contribution in [1.29, 1.82) is 0 Å². The number of aliphatic hydroxyl groups excluding tert-OH is 1. The predicted molar refractivity (Wildman–Crippen MR) is 49.6 cm³/mol. The SMILES string of the molecule is OC(CBr)COCC1CCCO1. The highest BCUT2D eigenvalue weighted by atomic mass is 79.9. The molecule has 0 saturated carbocycles. The van der Waals surface area contributed by atoms with Gasteiger partial charge in [0.15, 0.2) is 0 Å². The molecular formula is C8H15BrO3.